The average Bonchev–Trinajstić information content (AvgIpc) is 2.67. The summed E-state index contributed by atoms with van der Waals surface area (Å²) in [6.45, 7) is 4.18. The van der Waals surface area contributed by atoms with E-state index in [1.165, 1.54) is 0 Å². The molecule has 1 aromatic heterocycles. The van der Waals surface area contributed by atoms with E-state index in [1.807, 2.05) is 84.6 Å². The van der Waals surface area contributed by atoms with Crippen molar-refractivity contribution in [2.24, 2.45) is 0 Å². The zero-order valence-electron chi connectivity index (χ0n) is 15.1. The van der Waals surface area contributed by atoms with E-state index >= 15 is 0 Å². The van der Waals surface area contributed by atoms with Gasteiger partial charge in [0.15, 0.2) is 0 Å². The van der Waals surface area contributed by atoms with Crippen LogP contribution in [0.3, 0.4) is 0 Å². The SMILES string of the molecule is CC(C)c1nc(N(C)c2ccccc2)nc(N(C)c2ccccc2)n1. The molecule has 0 unspecified atom stereocenters. The summed E-state index contributed by atoms with van der Waals surface area (Å²) in [6.07, 6.45) is 0. The van der Waals surface area contributed by atoms with Gasteiger partial charge in [0.2, 0.25) is 11.9 Å². The van der Waals surface area contributed by atoms with E-state index in [2.05, 4.69) is 23.8 Å². The number of rotatable bonds is 5. The van der Waals surface area contributed by atoms with E-state index < -0.39 is 0 Å². The molecule has 0 bridgehead atoms. The standard InChI is InChI=1S/C20H23N5/c1-15(2)18-21-19(24(3)16-11-7-5-8-12-16)23-20(22-18)25(4)17-13-9-6-10-14-17/h5-15H,1-4H3. The molecule has 0 saturated heterocycles. The third kappa shape index (κ3) is 3.76. The Balaban J connectivity index is 2.03. The van der Waals surface area contributed by atoms with Crippen LogP contribution in [0, 0.1) is 0 Å². The van der Waals surface area contributed by atoms with E-state index in [0.29, 0.717) is 11.9 Å². The van der Waals surface area contributed by atoms with Crippen LogP contribution in [0.5, 0.6) is 0 Å². The number of nitrogens with zero attached hydrogens (tertiary/aromatic N) is 5. The van der Waals surface area contributed by atoms with Crippen LogP contribution in [0.15, 0.2) is 60.7 Å². The van der Waals surface area contributed by atoms with Crippen molar-refractivity contribution in [3.8, 4) is 0 Å². The Morgan fingerprint density at radius 2 is 1.04 bits per heavy atom. The molecular formula is C20H23N5. The van der Waals surface area contributed by atoms with Gasteiger partial charge in [0.25, 0.3) is 0 Å². The molecule has 0 fully saturated rings. The largest absolute Gasteiger partial charge is 0.313 e. The first-order valence-electron chi connectivity index (χ1n) is 8.40. The van der Waals surface area contributed by atoms with Gasteiger partial charge in [-0.3, -0.25) is 0 Å². The van der Waals surface area contributed by atoms with Gasteiger partial charge in [0.05, 0.1) is 0 Å². The molecule has 0 aliphatic rings. The van der Waals surface area contributed by atoms with E-state index in [4.69, 9.17) is 4.98 Å². The van der Waals surface area contributed by atoms with Crippen LogP contribution in [0.2, 0.25) is 0 Å². The molecule has 0 aliphatic heterocycles. The fourth-order valence-corrected chi connectivity index (χ4v) is 2.46. The molecular weight excluding hydrogens is 310 g/mol. The van der Waals surface area contributed by atoms with Gasteiger partial charge in [0, 0.05) is 31.4 Å². The van der Waals surface area contributed by atoms with Gasteiger partial charge in [0.1, 0.15) is 5.82 Å². The maximum Gasteiger partial charge on any atom is 0.234 e. The Bertz CT molecular complexity index is 754. The third-order valence-electron chi connectivity index (χ3n) is 4.03. The third-order valence-corrected chi connectivity index (χ3v) is 4.03. The molecule has 0 spiro atoms. The van der Waals surface area contributed by atoms with Crippen LogP contribution >= 0.6 is 0 Å². The fraction of sp³-hybridized carbons (Fsp3) is 0.250. The number of para-hydroxylation sites is 2. The molecule has 25 heavy (non-hydrogen) atoms. The lowest BCUT2D eigenvalue weighted by atomic mass is 10.2. The zero-order chi connectivity index (χ0) is 17.8. The fourth-order valence-electron chi connectivity index (χ4n) is 2.46. The normalized spacial score (nSPS) is 10.8. The number of hydrogen-bond acceptors (Lipinski definition) is 5. The van der Waals surface area contributed by atoms with E-state index in [0.717, 1.165) is 17.2 Å². The number of benzene rings is 2. The Morgan fingerprint density at radius 1 is 0.640 bits per heavy atom. The van der Waals surface area contributed by atoms with Gasteiger partial charge >= 0.3 is 0 Å². The van der Waals surface area contributed by atoms with E-state index in [9.17, 15) is 0 Å². The lowest BCUT2D eigenvalue weighted by Crippen LogP contribution is -2.20. The molecule has 5 heteroatoms. The Kier molecular flexibility index (Phi) is 4.93. The van der Waals surface area contributed by atoms with Crippen LogP contribution in [-0.2, 0) is 0 Å². The predicted molar refractivity (Wildman–Crippen MR) is 103 cm³/mol. The quantitative estimate of drug-likeness (QED) is 0.686. The van der Waals surface area contributed by atoms with Gasteiger partial charge in [-0.2, -0.15) is 15.0 Å². The maximum absolute atomic E-state index is 4.70. The number of aromatic nitrogens is 3. The zero-order valence-corrected chi connectivity index (χ0v) is 15.1. The summed E-state index contributed by atoms with van der Waals surface area (Å²) >= 11 is 0. The van der Waals surface area contributed by atoms with Gasteiger partial charge in [-0.1, -0.05) is 50.2 Å². The summed E-state index contributed by atoms with van der Waals surface area (Å²) in [6, 6.07) is 20.2. The molecule has 128 valence electrons. The molecule has 1 heterocycles. The molecule has 3 rings (SSSR count). The molecule has 0 saturated carbocycles. The van der Waals surface area contributed by atoms with Crippen molar-refractivity contribution in [3.63, 3.8) is 0 Å². The van der Waals surface area contributed by atoms with Gasteiger partial charge in [-0.25, -0.2) is 0 Å². The maximum atomic E-state index is 4.70. The minimum atomic E-state index is 0.217. The highest BCUT2D eigenvalue weighted by molar-refractivity contribution is 5.60. The first-order valence-corrected chi connectivity index (χ1v) is 8.40. The summed E-state index contributed by atoms with van der Waals surface area (Å²) < 4.78 is 0. The lowest BCUT2D eigenvalue weighted by molar-refractivity contribution is 0.753. The van der Waals surface area contributed by atoms with Crippen LogP contribution in [0.1, 0.15) is 25.6 Å². The summed E-state index contributed by atoms with van der Waals surface area (Å²) in [4.78, 5) is 18.0. The minimum absolute atomic E-state index is 0.217. The molecule has 0 radical (unpaired) electrons. The Hall–Kier alpha value is -2.95. The van der Waals surface area contributed by atoms with Gasteiger partial charge < -0.3 is 9.80 Å². The molecule has 0 amide bonds. The van der Waals surface area contributed by atoms with Crippen LogP contribution in [0.4, 0.5) is 23.3 Å². The van der Waals surface area contributed by atoms with Crippen LogP contribution in [0.25, 0.3) is 0 Å². The smallest absolute Gasteiger partial charge is 0.234 e. The first-order chi connectivity index (χ1) is 12.1. The summed E-state index contributed by atoms with van der Waals surface area (Å²) in [5, 5.41) is 0. The van der Waals surface area contributed by atoms with E-state index in [-0.39, 0.29) is 5.92 Å². The molecule has 2 aromatic carbocycles. The molecule has 3 aromatic rings. The lowest BCUT2D eigenvalue weighted by Gasteiger charge is -2.22. The Labute approximate surface area is 149 Å². The summed E-state index contributed by atoms with van der Waals surface area (Å²) in [7, 11) is 3.95. The van der Waals surface area contributed by atoms with Gasteiger partial charge in [-0.15, -0.1) is 0 Å². The van der Waals surface area contributed by atoms with E-state index in [1.54, 1.807) is 0 Å². The predicted octanol–water partition coefficient (Wildman–Crippen LogP) is 4.53. The topological polar surface area (TPSA) is 45.2 Å². The number of anilines is 4. The van der Waals surface area contributed by atoms with Gasteiger partial charge in [-0.05, 0) is 24.3 Å². The molecule has 0 atom stereocenters. The highest BCUT2D eigenvalue weighted by Crippen LogP contribution is 2.26. The van der Waals surface area contributed by atoms with Crippen molar-refractivity contribution in [2.75, 3.05) is 23.9 Å². The van der Waals surface area contributed by atoms with Crippen molar-refractivity contribution >= 4 is 23.3 Å². The average molecular weight is 333 g/mol. The summed E-state index contributed by atoms with van der Waals surface area (Å²) in [5.41, 5.74) is 2.08. The number of hydrogen-bond donors (Lipinski definition) is 0. The minimum Gasteiger partial charge on any atom is -0.313 e. The first kappa shape index (κ1) is 16.9. The monoisotopic (exact) mass is 333 g/mol. The van der Waals surface area contributed by atoms with Crippen LogP contribution in [-0.4, -0.2) is 29.0 Å². The van der Waals surface area contributed by atoms with Crippen molar-refractivity contribution in [1.82, 2.24) is 15.0 Å². The highest BCUT2D eigenvalue weighted by Gasteiger charge is 2.16. The molecule has 0 N–H and O–H groups in total. The second kappa shape index (κ2) is 7.30. The van der Waals surface area contributed by atoms with Crippen molar-refractivity contribution in [3.05, 3.63) is 66.5 Å². The Morgan fingerprint density at radius 3 is 1.40 bits per heavy atom. The highest BCUT2D eigenvalue weighted by atomic mass is 15.3. The second-order valence-corrected chi connectivity index (χ2v) is 6.24. The second-order valence-electron chi connectivity index (χ2n) is 6.24. The molecule has 5 nitrogen and oxygen atoms in total. The van der Waals surface area contributed by atoms with Crippen molar-refractivity contribution in [1.29, 1.82) is 0 Å². The molecule has 0 aliphatic carbocycles. The van der Waals surface area contributed by atoms with Crippen LogP contribution < -0.4 is 9.80 Å². The summed E-state index contributed by atoms with van der Waals surface area (Å²) in [5.74, 6) is 2.28. The van der Waals surface area contributed by atoms with Crippen molar-refractivity contribution in [2.45, 2.75) is 19.8 Å². The van der Waals surface area contributed by atoms with Crippen molar-refractivity contribution < 1.29 is 0 Å².